The number of hydrogen-bond acceptors (Lipinski definition) is 3. The molecule has 0 saturated carbocycles. The van der Waals surface area contributed by atoms with Crippen molar-refractivity contribution in [2.45, 2.75) is 19.3 Å². The molecule has 3 aromatic carbocycles. The minimum absolute atomic E-state index is 0.0874. The second-order valence-corrected chi connectivity index (χ2v) is 8.74. The molecule has 1 N–H and O–H groups in total. The second kappa shape index (κ2) is 10.4. The highest BCUT2D eigenvalue weighted by atomic mass is 35.5. The topological polar surface area (TPSA) is 51.1 Å². The van der Waals surface area contributed by atoms with Gasteiger partial charge in [-0.2, -0.15) is 0 Å². The number of thiazole rings is 1. The average molecular weight is 463 g/mol. The van der Waals surface area contributed by atoms with Crippen LogP contribution in [0.25, 0.3) is 16.9 Å². The first-order valence-corrected chi connectivity index (χ1v) is 11.8. The number of benzene rings is 3. The van der Waals surface area contributed by atoms with Crippen molar-refractivity contribution in [2.24, 2.45) is 0 Å². The van der Waals surface area contributed by atoms with E-state index in [1.54, 1.807) is 22.8 Å². The van der Waals surface area contributed by atoms with Gasteiger partial charge in [-0.3, -0.25) is 14.2 Å². The minimum Gasteiger partial charge on any atom is -0.352 e. The van der Waals surface area contributed by atoms with Crippen molar-refractivity contribution in [3.05, 3.63) is 110 Å². The van der Waals surface area contributed by atoms with E-state index in [9.17, 15) is 9.59 Å². The first-order chi connectivity index (χ1) is 15.6. The molecule has 1 heterocycles. The summed E-state index contributed by atoms with van der Waals surface area (Å²) in [6.07, 6.45) is 2.94. The molecule has 0 bridgehead atoms. The van der Waals surface area contributed by atoms with Crippen LogP contribution in [0.2, 0.25) is 5.02 Å². The molecule has 4 nitrogen and oxygen atoms in total. The van der Waals surface area contributed by atoms with Gasteiger partial charge in [0.1, 0.15) is 0 Å². The normalized spacial score (nSPS) is 10.8. The third-order valence-electron chi connectivity index (χ3n) is 5.22. The number of nitrogens with one attached hydrogen (secondary N) is 1. The fourth-order valence-corrected chi connectivity index (χ4v) is 4.45. The quantitative estimate of drug-likeness (QED) is 0.328. The van der Waals surface area contributed by atoms with Crippen molar-refractivity contribution in [3.8, 4) is 16.9 Å². The third kappa shape index (κ3) is 5.36. The van der Waals surface area contributed by atoms with Crippen LogP contribution in [0.4, 0.5) is 0 Å². The first kappa shape index (κ1) is 22.1. The molecule has 4 rings (SSSR count). The highest BCUT2D eigenvalue weighted by Crippen LogP contribution is 2.25. The van der Waals surface area contributed by atoms with Crippen LogP contribution in [0.15, 0.2) is 89.0 Å². The maximum Gasteiger partial charge on any atom is 0.312 e. The Bertz CT molecular complexity index is 1250. The number of halogens is 1. The van der Waals surface area contributed by atoms with E-state index < -0.39 is 0 Å². The number of rotatable bonds is 8. The predicted molar refractivity (Wildman–Crippen MR) is 132 cm³/mol. The van der Waals surface area contributed by atoms with E-state index in [-0.39, 0.29) is 10.8 Å². The maximum atomic E-state index is 12.7. The number of amides is 1. The van der Waals surface area contributed by atoms with Crippen molar-refractivity contribution in [3.63, 3.8) is 0 Å². The molecule has 6 heteroatoms. The summed E-state index contributed by atoms with van der Waals surface area (Å²) in [5, 5.41) is 5.43. The van der Waals surface area contributed by atoms with Crippen LogP contribution < -0.4 is 10.2 Å². The Kier molecular flexibility index (Phi) is 7.20. The Morgan fingerprint density at radius 1 is 0.938 bits per heavy atom. The molecule has 0 saturated heterocycles. The molecular formula is C26H23ClN2O2S. The summed E-state index contributed by atoms with van der Waals surface area (Å²) in [7, 11) is 0. The highest BCUT2D eigenvalue weighted by Gasteiger charge is 2.13. The van der Waals surface area contributed by atoms with Crippen molar-refractivity contribution in [1.29, 1.82) is 0 Å². The molecule has 0 atom stereocenters. The van der Waals surface area contributed by atoms with Gasteiger partial charge < -0.3 is 5.32 Å². The predicted octanol–water partition coefficient (Wildman–Crippen LogP) is 5.97. The molecule has 1 aromatic heterocycles. The summed E-state index contributed by atoms with van der Waals surface area (Å²) in [5.74, 6) is -0.109. The minimum atomic E-state index is -0.109. The SMILES string of the molecule is O=C(NCCCCc1ccccc1)c1cccc(-c2csc(=O)n2-c2ccc(Cl)cc2)c1. The van der Waals surface area contributed by atoms with Gasteiger partial charge in [0, 0.05) is 28.1 Å². The standard InChI is InChI=1S/C26H23ClN2O2S/c27-22-12-14-23(15-13-22)29-24(18-32-26(29)31)20-10-6-11-21(17-20)25(30)28-16-5-4-9-19-7-2-1-3-8-19/h1-3,6-8,10-15,17-18H,4-5,9,16H2,(H,28,30). The fourth-order valence-electron chi connectivity index (χ4n) is 3.56. The molecule has 1 amide bonds. The van der Waals surface area contributed by atoms with Crippen LogP contribution in [0.1, 0.15) is 28.8 Å². The summed E-state index contributed by atoms with van der Waals surface area (Å²) in [6, 6.07) is 24.9. The maximum absolute atomic E-state index is 12.7. The molecule has 0 unspecified atom stereocenters. The van der Waals surface area contributed by atoms with E-state index in [0.717, 1.165) is 47.5 Å². The zero-order valence-electron chi connectivity index (χ0n) is 17.5. The van der Waals surface area contributed by atoms with E-state index in [4.69, 9.17) is 11.6 Å². The Morgan fingerprint density at radius 3 is 2.50 bits per heavy atom. The van der Waals surface area contributed by atoms with Gasteiger partial charge in [-0.25, -0.2) is 0 Å². The van der Waals surface area contributed by atoms with Gasteiger partial charge in [-0.1, -0.05) is 65.4 Å². The van der Waals surface area contributed by atoms with Crippen LogP contribution in [-0.2, 0) is 6.42 Å². The molecule has 0 aliphatic rings. The molecule has 0 spiro atoms. The van der Waals surface area contributed by atoms with Crippen molar-refractivity contribution in [1.82, 2.24) is 9.88 Å². The van der Waals surface area contributed by atoms with Gasteiger partial charge in [0.2, 0.25) is 0 Å². The zero-order valence-corrected chi connectivity index (χ0v) is 19.0. The lowest BCUT2D eigenvalue weighted by Crippen LogP contribution is -2.24. The van der Waals surface area contributed by atoms with Gasteiger partial charge in [0.15, 0.2) is 0 Å². The Morgan fingerprint density at radius 2 is 1.72 bits per heavy atom. The summed E-state index contributed by atoms with van der Waals surface area (Å²) in [6.45, 7) is 0.629. The number of carbonyl (C=O) groups is 1. The van der Waals surface area contributed by atoms with Crippen LogP contribution in [0.3, 0.4) is 0 Å². The highest BCUT2D eigenvalue weighted by molar-refractivity contribution is 7.07. The van der Waals surface area contributed by atoms with E-state index >= 15 is 0 Å². The lowest BCUT2D eigenvalue weighted by Gasteiger charge is -2.10. The molecule has 4 aromatic rings. The van der Waals surface area contributed by atoms with E-state index in [1.165, 1.54) is 5.56 Å². The summed E-state index contributed by atoms with van der Waals surface area (Å²) < 4.78 is 1.64. The Balaban J connectivity index is 1.42. The average Bonchev–Trinajstić information content (AvgIpc) is 3.21. The Labute approximate surface area is 196 Å². The summed E-state index contributed by atoms with van der Waals surface area (Å²) >= 11 is 7.12. The van der Waals surface area contributed by atoms with E-state index in [0.29, 0.717) is 17.1 Å². The molecule has 32 heavy (non-hydrogen) atoms. The number of aryl methyl sites for hydroxylation is 1. The summed E-state index contributed by atoms with van der Waals surface area (Å²) in [5.41, 5.74) is 4.19. The lowest BCUT2D eigenvalue weighted by atomic mass is 10.1. The number of nitrogens with zero attached hydrogens (tertiary/aromatic N) is 1. The monoisotopic (exact) mass is 462 g/mol. The number of unbranched alkanes of at least 4 members (excludes halogenated alkanes) is 1. The van der Waals surface area contributed by atoms with Crippen molar-refractivity contribution in [2.75, 3.05) is 6.54 Å². The van der Waals surface area contributed by atoms with Gasteiger partial charge >= 0.3 is 4.87 Å². The van der Waals surface area contributed by atoms with E-state index in [2.05, 4.69) is 17.4 Å². The largest absolute Gasteiger partial charge is 0.352 e. The second-order valence-electron chi connectivity index (χ2n) is 7.48. The Hall–Kier alpha value is -3.15. The number of aromatic nitrogens is 1. The van der Waals surface area contributed by atoms with Gasteiger partial charge in [-0.05, 0) is 61.2 Å². The smallest absolute Gasteiger partial charge is 0.312 e. The van der Waals surface area contributed by atoms with Crippen molar-refractivity contribution < 1.29 is 4.79 Å². The van der Waals surface area contributed by atoms with Gasteiger partial charge in [0.25, 0.3) is 5.91 Å². The van der Waals surface area contributed by atoms with Crippen LogP contribution >= 0.6 is 22.9 Å². The van der Waals surface area contributed by atoms with Gasteiger partial charge in [0.05, 0.1) is 11.4 Å². The lowest BCUT2D eigenvalue weighted by molar-refractivity contribution is 0.0953. The van der Waals surface area contributed by atoms with Gasteiger partial charge in [-0.15, -0.1) is 0 Å². The van der Waals surface area contributed by atoms with Crippen LogP contribution in [0.5, 0.6) is 0 Å². The fraction of sp³-hybridized carbons (Fsp3) is 0.154. The number of hydrogen-bond donors (Lipinski definition) is 1. The summed E-state index contributed by atoms with van der Waals surface area (Å²) in [4.78, 5) is 25.1. The molecule has 0 radical (unpaired) electrons. The molecular weight excluding hydrogens is 440 g/mol. The van der Waals surface area contributed by atoms with Crippen molar-refractivity contribution >= 4 is 28.8 Å². The third-order valence-corrected chi connectivity index (χ3v) is 6.20. The molecule has 162 valence electrons. The molecule has 0 aliphatic carbocycles. The number of carbonyl (C=O) groups excluding carboxylic acids is 1. The zero-order chi connectivity index (χ0) is 22.3. The van der Waals surface area contributed by atoms with E-state index in [1.807, 2.05) is 53.9 Å². The molecule has 0 aliphatic heterocycles. The molecule has 0 fully saturated rings. The van der Waals surface area contributed by atoms with Crippen LogP contribution in [0, 0.1) is 0 Å². The first-order valence-electron chi connectivity index (χ1n) is 10.5. The van der Waals surface area contributed by atoms with Crippen LogP contribution in [-0.4, -0.2) is 17.0 Å².